The molecule has 0 radical (unpaired) electrons. The van der Waals surface area contributed by atoms with Crippen LogP contribution in [0.3, 0.4) is 0 Å². The van der Waals surface area contributed by atoms with Crippen LogP contribution in [0.15, 0.2) is 28.8 Å². The van der Waals surface area contributed by atoms with Crippen LogP contribution in [0.25, 0.3) is 0 Å². The number of hydrogen-bond donors (Lipinski definition) is 0. The molecule has 1 rings (SSSR count). The van der Waals surface area contributed by atoms with Crippen molar-refractivity contribution in [3.8, 4) is 0 Å². The average Bonchev–Trinajstić information content (AvgIpc) is 2.03. The van der Waals surface area contributed by atoms with E-state index in [1.165, 1.54) is 11.8 Å². The fourth-order valence-electron chi connectivity index (χ4n) is 0.533. The van der Waals surface area contributed by atoms with Crippen molar-refractivity contribution in [2.45, 2.75) is 5.03 Å². The summed E-state index contributed by atoms with van der Waals surface area (Å²) in [6, 6.07) is 3.48. The molecule has 0 aliphatic carbocycles. The van der Waals surface area contributed by atoms with Gasteiger partial charge in [0.15, 0.2) is 5.15 Å². The van der Waals surface area contributed by atoms with E-state index in [4.69, 9.17) is 23.2 Å². The SMILES string of the molecule is C=C(Cl)CSc1ccc(Cl)nn1. The topological polar surface area (TPSA) is 25.8 Å². The molecular weight excluding hydrogens is 215 g/mol. The molecule has 12 heavy (non-hydrogen) atoms. The minimum atomic E-state index is 0.393. The van der Waals surface area contributed by atoms with Crippen molar-refractivity contribution in [1.29, 1.82) is 0 Å². The summed E-state index contributed by atoms with van der Waals surface area (Å²) in [6.45, 7) is 3.56. The molecule has 5 heteroatoms. The van der Waals surface area contributed by atoms with Crippen molar-refractivity contribution in [3.05, 3.63) is 28.9 Å². The first-order valence-electron chi connectivity index (χ1n) is 3.14. The van der Waals surface area contributed by atoms with Gasteiger partial charge in [-0.1, -0.05) is 41.5 Å². The lowest BCUT2D eigenvalue weighted by Gasteiger charge is -1.96. The fraction of sp³-hybridized carbons (Fsp3) is 0.143. The number of halogens is 2. The van der Waals surface area contributed by atoms with E-state index in [9.17, 15) is 0 Å². The summed E-state index contributed by atoms with van der Waals surface area (Å²) in [5.74, 6) is 0.637. The Labute approximate surface area is 85.0 Å². The third kappa shape index (κ3) is 3.43. The van der Waals surface area contributed by atoms with E-state index in [1.807, 2.05) is 0 Å². The van der Waals surface area contributed by atoms with Gasteiger partial charge in [-0.15, -0.1) is 10.2 Å². The smallest absolute Gasteiger partial charge is 0.143 e. The molecule has 1 aromatic heterocycles. The summed E-state index contributed by atoms with van der Waals surface area (Å²) in [5.41, 5.74) is 0. The molecular formula is C7H6Cl2N2S. The molecule has 64 valence electrons. The van der Waals surface area contributed by atoms with Gasteiger partial charge in [0.25, 0.3) is 0 Å². The number of rotatable bonds is 3. The Balaban J connectivity index is 2.53. The standard InChI is InChI=1S/C7H6Cl2N2S/c1-5(8)4-12-7-3-2-6(9)10-11-7/h2-3H,1,4H2. The van der Waals surface area contributed by atoms with Gasteiger partial charge in [0, 0.05) is 10.8 Å². The molecule has 0 fully saturated rings. The lowest BCUT2D eigenvalue weighted by atomic mass is 10.6. The minimum absolute atomic E-state index is 0.393. The summed E-state index contributed by atoms with van der Waals surface area (Å²) in [4.78, 5) is 0. The molecule has 1 aromatic rings. The van der Waals surface area contributed by atoms with Crippen molar-refractivity contribution in [2.75, 3.05) is 5.75 Å². The first kappa shape index (κ1) is 9.84. The van der Waals surface area contributed by atoms with Crippen molar-refractivity contribution >= 4 is 35.0 Å². The van der Waals surface area contributed by atoms with Gasteiger partial charge >= 0.3 is 0 Å². The van der Waals surface area contributed by atoms with E-state index in [0.29, 0.717) is 15.9 Å². The van der Waals surface area contributed by atoms with Crippen LogP contribution in [0.5, 0.6) is 0 Å². The van der Waals surface area contributed by atoms with Crippen LogP contribution in [-0.4, -0.2) is 16.0 Å². The molecule has 0 saturated heterocycles. The van der Waals surface area contributed by atoms with E-state index >= 15 is 0 Å². The van der Waals surface area contributed by atoms with Gasteiger partial charge < -0.3 is 0 Å². The molecule has 0 aliphatic rings. The molecule has 0 aromatic carbocycles. The van der Waals surface area contributed by atoms with Crippen molar-refractivity contribution < 1.29 is 0 Å². The largest absolute Gasteiger partial charge is 0.151 e. The van der Waals surface area contributed by atoms with Gasteiger partial charge in [0.1, 0.15) is 5.03 Å². The highest BCUT2D eigenvalue weighted by Gasteiger charge is 1.97. The Morgan fingerprint density at radius 3 is 2.75 bits per heavy atom. The molecule has 0 N–H and O–H groups in total. The van der Waals surface area contributed by atoms with Crippen LogP contribution < -0.4 is 0 Å². The average molecular weight is 221 g/mol. The second-order valence-corrected chi connectivity index (χ2v) is 3.92. The summed E-state index contributed by atoms with van der Waals surface area (Å²) in [5, 5.41) is 9.29. The molecule has 0 spiro atoms. The summed E-state index contributed by atoms with van der Waals surface area (Å²) >= 11 is 12.6. The Morgan fingerprint density at radius 2 is 2.25 bits per heavy atom. The summed E-state index contributed by atoms with van der Waals surface area (Å²) < 4.78 is 0. The van der Waals surface area contributed by atoms with Crippen LogP contribution >= 0.6 is 35.0 Å². The van der Waals surface area contributed by atoms with Crippen LogP contribution in [0, 0.1) is 0 Å². The van der Waals surface area contributed by atoms with Gasteiger partial charge in [0.05, 0.1) is 0 Å². The third-order valence-corrected chi connectivity index (χ3v) is 2.48. The summed E-state index contributed by atoms with van der Waals surface area (Å²) in [6.07, 6.45) is 0. The first-order valence-corrected chi connectivity index (χ1v) is 4.88. The van der Waals surface area contributed by atoms with Crippen LogP contribution in [-0.2, 0) is 0 Å². The maximum atomic E-state index is 5.57. The molecule has 1 heterocycles. The predicted octanol–water partition coefficient (Wildman–Crippen LogP) is 2.97. The zero-order valence-electron chi connectivity index (χ0n) is 6.13. The molecule has 0 bridgehead atoms. The van der Waals surface area contributed by atoms with E-state index < -0.39 is 0 Å². The van der Waals surface area contributed by atoms with Crippen LogP contribution in [0.1, 0.15) is 0 Å². The highest BCUT2D eigenvalue weighted by Crippen LogP contribution is 2.18. The van der Waals surface area contributed by atoms with E-state index in [1.54, 1.807) is 12.1 Å². The summed E-state index contributed by atoms with van der Waals surface area (Å²) in [7, 11) is 0. The monoisotopic (exact) mass is 220 g/mol. The Morgan fingerprint density at radius 1 is 1.50 bits per heavy atom. The van der Waals surface area contributed by atoms with Gasteiger partial charge in [-0.25, -0.2) is 0 Å². The van der Waals surface area contributed by atoms with E-state index in [0.717, 1.165) is 5.03 Å². The molecule has 0 atom stereocenters. The fourth-order valence-corrected chi connectivity index (χ4v) is 1.36. The zero-order valence-corrected chi connectivity index (χ0v) is 8.46. The number of hydrogen-bond acceptors (Lipinski definition) is 3. The molecule has 0 amide bonds. The number of aromatic nitrogens is 2. The molecule has 0 saturated carbocycles. The molecule has 0 aliphatic heterocycles. The van der Waals surface area contributed by atoms with Crippen molar-refractivity contribution in [1.82, 2.24) is 10.2 Å². The molecule has 2 nitrogen and oxygen atoms in total. The highest BCUT2D eigenvalue weighted by molar-refractivity contribution is 7.99. The maximum Gasteiger partial charge on any atom is 0.151 e. The first-order chi connectivity index (χ1) is 5.68. The maximum absolute atomic E-state index is 5.57. The zero-order chi connectivity index (χ0) is 8.97. The Bertz CT molecular complexity index is 273. The van der Waals surface area contributed by atoms with Crippen molar-refractivity contribution in [2.24, 2.45) is 0 Å². The highest BCUT2D eigenvalue weighted by atomic mass is 35.5. The van der Waals surface area contributed by atoms with E-state index in [-0.39, 0.29) is 0 Å². The number of nitrogens with zero attached hydrogens (tertiary/aromatic N) is 2. The lowest BCUT2D eigenvalue weighted by molar-refractivity contribution is 0.931. The quantitative estimate of drug-likeness (QED) is 0.733. The third-order valence-electron chi connectivity index (χ3n) is 0.984. The minimum Gasteiger partial charge on any atom is -0.143 e. The van der Waals surface area contributed by atoms with Crippen LogP contribution in [0.4, 0.5) is 0 Å². The van der Waals surface area contributed by atoms with Gasteiger partial charge in [-0.05, 0) is 12.1 Å². The van der Waals surface area contributed by atoms with E-state index in [2.05, 4.69) is 16.8 Å². The number of thioether (sulfide) groups is 1. The molecule has 0 unspecified atom stereocenters. The Hall–Kier alpha value is -0.250. The van der Waals surface area contributed by atoms with Crippen LogP contribution in [0.2, 0.25) is 5.15 Å². The normalized spacial score (nSPS) is 9.83. The van der Waals surface area contributed by atoms with Gasteiger partial charge in [-0.3, -0.25) is 0 Å². The predicted molar refractivity (Wildman–Crippen MR) is 52.8 cm³/mol. The van der Waals surface area contributed by atoms with Crippen molar-refractivity contribution in [3.63, 3.8) is 0 Å². The second kappa shape index (κ2) is 4.70. The van der Waals surface area contributed by atoms with Gasteiger partial charge in [-0.2, -0.15) is 0 Å². The van der Waals surface area contributed by atoms with Gasteiger partial charge in [0.2, 0.25) is 0 Å². The lowest BCUT2D eigenvalue weighted by Crippen LogP contribution is -1.85. The Kier molecular flexibility index (Phi) is 3.85. The second-order valence-electron chi connectivity index (χ2n) is 2.00.